The Bertz CT molecular complexity index is 820. The Morgan fingerprint density at radius 2 is 2.20 bits per heavy atom. The number of aryl methyl sites for hydroxylation is 1. The van der Waals surface area contributed by atoms with Gasteiger partial charge in [-0.15, -0.1) is 0 Å². The first-order valence-electron chi connectivity index (χ1n) is 9.00. The minimum absolute atomic E-state index is 0.0963. The molecule has 2 aliphatic rings. The molecule has 132 valence electrons. The second-order valence-corrected chi connectivity index (χ2v) is 7.28. The van der Waals surface area contributed by atoms with E-state index in [1.54, 1.807) is 0 Å². The number of nitrogens with zero attached hydrogens (tertiary/aromatic N) is 2. The summed E-state index contributed by atoms with van der Waals surface area (Å²) in [6.45, 7) is 2.39. The molecule has 1 saturated carbocycles. The number of aromatic nitrogens is 2. The fraction of sp³-hybridized carbons (Fsp3) is 0.526. The third-order valence-electron chi connectivity index (χ3n) is 5.45. The Labute approximate surface area is 146 Å². The lowest BCUT2D eigenvalue weighted by Gasteiger charge is -2.35. The van der Waals surface area contributed by atoms with E-state index in [-0.39, 0.29) is 24.2 Å². The van der Waals surface area contributed by atoms with Crippen LogP contribution in [-0.4, -0.2) is 26.9 Å². The minimum Gasteiger partial charge on any atom is -0.458 e. The molecule has 6 nitrogen and oxygen atoms in total. The highest BCUT2D eigenvalue weighted by molar-refractivity contribution is 5.87. The standard InChI is InChI=1S/C19H23N3O3/c1-13-5-8-22-12-14(21-16(22)9-13)11-20-18(24)15-10-17(23)25-19(15)6-3-2-4-7-19/h5,8-9,12,15H,2-4,6-7,10-11H2,1H3,(H,20,24)/t15-/m1/s1. The van der Waals surface area contributed by atoms with E-state index in [1.165, 1.54) is 0 Å². The molecule has 0 aromatic carbocycles. The predicted molar refractivity (Wildman–Crippen MR) is 91.8 cm³/mol. The summed E-state index contributed by atoms with van der Waals surface area (Å²) in [5.41, 5.74) is 2.25. The van der Waals surface area contributed by atoms with Gasteiger partial charge < -0.3 is 14.5 Å². The van der Waals surface area contributed by atoms with Crippen molar-refractivity contribution in [1.29, 1.82) is 0 Å². The van der Waals surface area contributed by atoms with E-state index in [9.17, 15) is 9.59 Å². The zero-order valence-corrected chi connectivity index (χ0v) is 14.5. The van der Waals surface area contributed by atoms with E-state index in [4.69, 9.17) is 4.74 Å². The number of carbonyl (C=O) groups is 2. The van der Waals surface area contributed by atoms with Crippen molar-refractivity contribution in [3.05, 3.63) is 35.8 Å². The van der Waals surface area contributed by atoms with Gasteiger partial charge in [0.1, 0.15) is 11.2 Å². The Morgan fingerprint density at radius 3 is 3.00 bits per heavy atom. The van der Waals surface area contributed by atoms with E-state index < -0.39 is 5.60 Å². The van der Waals surface area contributed by atoms with Crippen LogP contribution >= 0.6 is 0 Å². The van der Waals surface area contributed by atoms with E-state index >= 15 is 0 Å². The molecule has 6 heteroatoms. The van der Waals surface area contributed by atoms with Gasteiger partial charge in [0.25, 0.3) is 0 Å². The van der Waals surface area contributed by atoms with Gasteiger partial charge in [-0.05, 0) is 50.3 Å². The Balaban J connectivity index is 1.46. The van der Waals surface area contributed by atoms with Gasteiger partial charge in [0.05, 0.1) is 24.6 Å². The van der Waals surface area contributed by atoms with Crippen molar-refractivity contribution in [2.45, 2.75) is 57.6 Å². The van der Waals surface area contributed by atoms with E-state index in [0.29, 0.717) is 6.54 Å². The smallest absolute Gasteiger partial charge is 0.307 e. The average molecular weight is 341 g/mol. The zero-order chi connectivity index (χ0) is 17.4. The van der Waals surface area contributed by atoms with Gasteiger partial charge in [0, 0.05) is 12.4 Å². The van der Waals surface area contributed by atoms with Crippen LogP contribution in [0.15, 0.2) is 24.5 Å². The highest BCUT2D eigenvalue weighted by Crippen LogP contribution is 2.44. The van der Waals surface area contributed by atoms with Crippen LogP contribution in [0.5, 0.6) is 0 Å². The number of amides is 1. The maximum absolute atomic E-state index is 12.7. The molecule has 0 bridgehead atoms. The van der Waals surface area contributed by atoms with Gasteiger partial charge in [-0.1, -0.05) is 6.42 Å². The van der Waals surface area contributed by atoms with Crippen LogP contribution in [0.4, 0.5) is 0 Å². The molecule has 25 heavy (non-hydrogen) atoms. The van der Waals surface area contributed by atoms with Crippen LogP contribution in [0.3, 0.4) is 0 Å². The molecule has 4 rings (SSSR count). The fourth-order valence-electron chi connectivity index (χ4n) is 4.15. The summed E-state index contributed by atoms with van der Waals surface area (Å²) < 4.78 is 7.56. The highest BCUT2D eigenvalue weighted by atomic mass is 16.6. The van der Waals surface area contributed by atoms with Crippen LogP contribution < -0.4 is 5.32 Å². The van der Waals surface area contributed by atoms with Crippen LogP contribution in [0.25, 0.3) is 5.65 Å². The van der Waals surface area contributed by atoms with Crippen molar-refractivity contribution in [2.24, 2.45) is 5.92 Å². The summed E-state index contributed by atoms with van der Waals surface area (Å²) in [6, 6.07) is 4.02. The number of rotatable bonds is 3. The number of hydrogen-bond acceptors (Lipinski definition) is 4. The molecular weight excluding hydrogens is 318 g/mol. The number of nitrogens with one attached hydrogen (secondary N) is 1. The molecule has 0 radical (unpaired) electrons. The van der Waals surface area contributed by atoms with Gasteiger partial charge >= 0.3 is 5.97 Å². The molecule has 1 atom stereocenters. The molecule has 1 N–H and O–H groups in total. The number of hydrogen-bond donors (Lipinski definition) is 1. The third-order valence-corrected chi connectivity index (χ3v) is 5.45. The molecular formula is C19H23N3O3. The predicted octanol–water partition coefficient (Wildman–Crippen LogP) is 2.52. The number of pyridine rings is 1. The van der Waals surface area contributed by atoms with Crippen molar-refractivity contribution in [3.8, 4) is 0 Å². The minimum atomic E-state index is -0.574. The second kappa shape index (κ2) is 6.17. The van der Waals surface area contributed by atoms with Crippen LogP contribution in [0.2, 0.25) is 0 Å². The molecule has 3 heterocycles. The number of imidazole rings is 1. The quantitative estimate of drug-likeness (QED) is 0.871. The molecule has 1 aliphatic carbocycles. The zero-order valence-electron chi connectivity index (χ0n) is 14.5. The average Bonchev–Trinajstić information content (AvgIpc) is 3.13. The molecule has 0 unspecified atom stereocenters. The summed E-state index contributed by atoms with van der Waals surface area (Å²) in [7, 11) is 0. The number of fused-ring (bicyclic) bond motifs is 1. The van der Waals surface area contributed by atoms with Crippen molar-refractivity contribution in [3.63, 3.8) is 0 Å². The van der Waals surface area contributed by atoms with Crippen LogP contribution in [-0.2, 0) is 20.9 Å². The molecule has 1 saturated heterocycles. The fourth-order valence-corrected chi connectivity index (χ4v) is 4.15. The van der Waals surface area contributed by atoms with E-state index in [1.807, 2.05) is 35.9 Å². The van der Waals surface area contributed by atoms with Crippen molar-refractivity contribution >= 4 is 17.5 Å². The first kappa shape index (κ1) is 16.1. The highest BCUT2D eigenvalue weighted by Gasteiger charge is 2.52. The lowest BCUT2D eigenvalue weighted by molar-refractivity contribution is -0.153. The maximum atomic E-state index is 12.7. The Morgan fingerprint density at radius 1 is 1.40 bits per heavy atom. The Hall–Kier alpha value is -2.37. The largest absolute Gasteiger partial charge is 0.458 e. The maximum Gasteiger partial charge on any atom is 0.307 e. The first-order chi connectivity index (χ1) is 12.1. The second-order valence-electron chi connectivity index (χ2n) is 7.28. The van der Waals surface area contributed by atoms with Gasteiger partial charge in [-0.25, -0.2) is 4.98 Å². The molecule has 2 fully saturated rings. The topological polar surface area (TPSA) is 72.7 Å². The normalized spacial score (nSPS) is 22.3. The van der Waals surface area contributed by atoms with Crippen LogP contribution in [0.1, 0.15) is 49.8 Å². The number of carbonyl (C=O) groups excluding carboxylic acids is 2. The van der Waals surface area contributed by atoms with Crippen molar-refractivity contribution in [1.82, 2.24) is 14.7 Å². The summed E-state index contributed by atoms with van der Waals surface area (Å²) in [5.74, 6) is -0.717. The van der Waals surface area contributed by atoms with Gasteiger partial charge in [-0.2, -0.15) is 0 Å². The molecule has 2 aromatic rings. The van der Waals surface area contributed by atoms with Crippen molar-refractivity contribution in [2.75, 3.05) is 0 Å². The van der Waals surface area contributed by atoms with E-state index in [2.05, 4.69) is 10.3 Å². The van der Waals surface area contributed by atoms with E-state index in [0.717, 1.165) is 49.0 Å². The number of ether oxygens (including phenoxy) is 1. The van der Waals surface area contributed by atoms with Crippen LogP contribution in [0, 0.1) is 12.8 Å². The molecule has 1 amide bonds. The lowest BCUT2D eigenvalue weighted by atomic mass is 9.75. The Kier molecular flexibility index (Phi) is 3.98. The molecule has 1 spiro atoms. The molecule has 1 aliphatic heterocycles. The lowest BCUT2D eigenvalue weighted by Crippen LogP contribution is -2.45. The summed E-state index contributed by atoms with van der Waals surface area (Å²) in [6.07, 6.45) is 8.84. The van der Waals surface area contributed by atoms with Gasteiger partial charge in [0.2, 0.25) is 5.91 Å². The summed E-state index contributed by atoms with van der Waals surface area (Å²) >= 11 is 0. The third kappa shape index (κ3) is 3.01. The van der Waals surface area contributed by atoms with Gasteiger partial charge in [0.15, 0.2) is 0 Å². The monoisotopic (exact) mass is 341 g/mol. The first-order valence-corrected chi connectivity index (χ1v) is 9.00. The number of esters is 1. The summed E-state index contributed by atoms with van der Waals surface area (Å²) in [5, 5.41) is 2.96. The summed E-state index contributed by atoms with van der Waals surface area (Å²) in [4.78, 5) is 29.1. The molecule has 2 aromatic heterocycles. The van der Waals surface area contributed by atoms with Gasteiger partial charge in [-0.3, -0.25) is 9.59 Å². The SMILES string of the molecule is Cc1ccn2cc(CNC(=O)[C@H]3CC(=O)OC34CCCCC4)nc2c1. The van der Waals surface area contributed by atoms with Crippen molar-refractivity contribution < 1.29 is 14.3 Å².